The third kappa shape index (κ3) is 7.35. The fourth-order valence-electron chi connectivity index (χ4n) is 5.22. The Morgan fingerprint density at radius 3 is 2.19 bits per heavy atom. The maximum absolute atomic E-state index is 13.4. The van der Waals surface area contributed by atoms with Crippen molar-refractivity contribution in [1.82, 2.24) is 9.62 Å². The molecule has 1 saturated heterocycles. The summed E-state index contributed by atoms with van der Waals surface area (Å²) in [4.78, 5) is 26.2. The Morgan fingerprint density at radius 1 is 0.953 bits per heavy atom. The highest BCUT2D eigenvalue weighted by atomic mass is 32.2. The summed E-state index contributed by atoms with van der Waals surface area (Å²) in [6, 6.07) is 17.4. The Morgan fingerprint density at radius 2 is 1.60 bits per heavy atom. The van der Waals surface area contributed by atoms with E-state index in [-0.39, 0.29) is 17.9 Å². The molecule has 1 heterocycles. The van der Waals surface area contributed by atoms with Crippen LogP contribution in [0.3, 0.4) is 0 Å². The zero-order chi connectivity index (χ0) is 31.0. The first-order chi connectivity index (χ1) is 20.7. The van der Waals surface area contributed by atoms with Crippen LogP contribution in [-0.4, -0.2) is 71.2 Å². The predicted molar refractivity (Wildman–Crippen MR) is 161 cm³/mol. The van der Waals surface area contributed by atoms with E-state index in [2.05, 4.69) is 5.32 Å². The highest BCUT2D eigenvalue weighted by molar-refractivity contribution is 7.89. The molecule has 0 aliphatic carbocycles. The molecule has 3 aromatic carbocycles. The smallest absolute Gasteiger partial charge is 0.328 e. The maximum atomic E-state index is 13.4. The van der Waals surface area contributed by atoms with Gasteiger partial charge in [0.25, 0.3) is 0 Å². The molecule has 0 bridgehead atoms. The molecule has 11 heteroatoms. The van der Waals surface area contributed by atoms with Gasteiger partial charge in [-0.2, -0.15) is 4.31 Å². The maximum Gasteiger partial charge on any atom is 0.328 e. The number of ether oxygens (including phenoxy) is 4. The van der Waals surface area contributed by atoms with E-state index in [1.54, 1.807) is 32.4 Å². The van der Waals surface area contributed by atoms with Gasteiger partial charge in [-0.15, -0.1) is 0 Å². The molecule has 43 heavy (non-hydrogen) atoms. The molecule has 3 aromatic rings. The van der Waals surface area contributed by atoms with Crippen LogP contribution in [0, 0.1) is 0 Å². The summed E-state index contributed by atoms with van der Waals surface area (Å²) in [6.07, 6.45) is 1.04. The predicted octanol–water partition coefficient (Wildman–Crippen LogP) is 3.96. The highest BCUT2D eigenvalue weighted by Gasteiger charge is 2.40. The van der Waals surface area contributed by atoms with E-state index in [0.717, 1.165) is 22.3 Å². The van der Waals surface area contributed by atoms with E-state index in [9.17, 15) is 18.0 Å². The number of carbonyl (C=O) groups excluding carboxylic acids is 2. The first kappa shape index (κ1) is 32.0. The lowest BCUT2D eigenvalue weighted by atomic mass is 9.98. The number of nitrogens with one attached hydrogen (secondary N) is 1. The summed E-state index contributed by atoms with van der Waals surface area (Å²) < 4.78 is 49.6. The standard InChI is InChI=1S/C32H38N2O8S/c1-5-42-21-23-19-28(39-2)30(29(20-23)40-3)24-15-13-22(14-16-24)18-26(32(36)41-4)33-31(35)27-12-9-17-34(27)43(37,38)25-10-7-6-8-11-25/h6-8,10-11,13-16,19-20,26-27H,5,9,12,17-18,21H2,1-4H3,(H,33,35)/t26-,27-/m0/s1. The zero-order valence-corrected chi connectivity index (χ0v) is 25.7. The van der Waals surface area contributed by atoms with Crippen molar-refractivity contribution in [3.8, 4) is 22.6 Å². The molecule has 0 unspecified atom stereocenters. The second-order valence-electron chi connectivity index (χ2n) is 10.1. The molecule has 1 N–H and O–H groups in total. The van der Waals surface area contributed by atoms with Gasteiger partial charge in [0, 0.05) is 19.6 Å². The van der Waals surface area contributed by atoms with Gasteiger partial charge in [0.1, 0.15) is 23.6 Å². The van der Waals surface area contributed by atoms with Gasteiger partial charge in [-0.25, -0.2) is 13.2 Å². The number of hydrogen-bond acceptors (Lipinski definition) is 8. The number of rotatable bonds is 13. The van der Waals surface area contributed by atoms with Gasteiger partial charge < -0.3 is 24.3 Å². The van der Waals surface area contributed by atoms with Crippen LogP contribution >= 0.6 is 0 Å². The van der Waals surface area contributed by atoms with Crippen molar-refractivity contribution in [3.05, 3.63) is 77.9 Å². The molecule has 2 atom stereocenters. The summed E-state index contributed by atoms with van der Waals surface area (Å²) in [6.45, 7) is 3.17. The SMILES string of the molecule is CCOCc1cc(OC)c(-c2ccc(C[C@H](NC(=O)[C@@H]3CCCN3S(=O)(=O)c3ccccc3)C(=O)OC)cc2)c(OC)c1. The number of nitrogens with zero attached hydrogens (tertiary/aromatic N) is 1. The third-order valence-electron chi connectivity index (χ3n) is 7.38. The molecule has 1 fully saturated rings. The van der Waals surface area contributed by atoms with Crippen LogP contribution in [0.4, 0.5) is 0 Å². The summed E-state index contributed by atoms with van der Waals surface area (Å²) in [7, 11) is 0.564. The molecule has 1 amide bonds. The Labute approximate surface area is 252 Å². The van der Waals surface area contributed by atoms with Crippen molar-refractivity contribution >= 4 is 21.9 Å². The molecule has 0 spiro atoms. The molecule has 4 rings (SSSR count). The van der Waals surface area contributed by atoms with Gasteiger partial charge in [-0.3, -0.25) is 4.79 Å². The monoisotopic (exact) mass is 610 g/mol. The highest BCUT2D eigenvalue weighted by Crippen LogP contribution is 2.40. The van der Waals surface area contributed by atoms with E-state index in [1.165, 1.54) is 23.5 Å². The lowest BCUT2D eigenvalue weighted by Crippen LogP contribution is -2.51. The number of benzene rings is 3. The van der Waals surface area contributed by atoms with Crippen LogP contribution in [0.15, 0.2) is 71.6 Å². The van der Waals surface area contributed by atoms with Gasteiger partial charge in [0.2, 0.25) is 15.9 Å². The molecular formula is C32H38N2O8S. The summed E-state index contributed by atoms with van der Waals surface area (Å²) in [5, 5.41) is 2.75. The van der Waals surface area contributed by atoms with E-state index in [0.29, 0.717) is 37.6 Å². The van der Waals surface area contributed by atoms with E-state index in [4.69, 9.17) is 18.9 Å². The van der Waals surface area contributed by atoms with Crippen molar-refractivity contribution in [3.63, 3.8) is 0 Å². The van der Waals surface area contributed by atoms with Crippen LogP contribution in [0.5, 0.6) is 11.5 Å². The Balaban J connectivity index is 1.52. The minimum atomic E-state index is -3.87. The number of carbonyl (C=O) groups is 2. The molecular weight excluding hydrogens is 572 g/mol. The lowest BCUT2D eigenvalue weighted by molar-refractivity contribution is -0.145. The summed E-state index contributed by atoms with van der Waals surface area (Å²) in [5.41, 5.74) is 3.30. The Hall–Kier alpha value is -3.93. The van der Waals surface area contributed by atoms with E-state index < -0.39 is 34.0 Å². The summed E-state index contributed by atoms with van der Waals surface area (Å²) >= 11 is 0. The lowest BCUT2D eigenvalue weighted by Gasteiger charge is -2.25. The molecule has 10 nitrogen and oxygen atoms in total. The van der Waals surface area contributed by atoms with Crippen molar-refractivity contribution in [1.29, 1.82) is 0 Å². The normalized spacial score (nSPS) is 16.0. The molecule has 0 aromatic heterocycles. The van der Waals surface area contributed by atoms with Crippen LogP contribution < -0.4 is 14.8 Å². The quantitative estimate of drug-likeness (QED) is 0.289. The average molecular weight is 611 g/mol. The molecule has 1 aliphatic rings. The number of amides is 1. The zero-order valence-electron chi connectivity index (χ0n) is 24.9. The average Bonchev–Trinajstić information content (AvgIpc) is 3.55. The van der Waals surface area contributed by atoms with Crippen LogP contribution in [-0.2, 0) is 42.1 Å². The van der Waals surface area contributed by atoms with Crippen molar-refractivity contribution in [2.45, 2.75) is 49.8 Å². The molecule has 0 saturated carbocycles. The third-order valence-corrected chi connectivity index (χ3v) is 9.30. The van der Waals surface area contributed by atoms with E-state index in [1.807, 2.05) is 43.3 Å². The number of methoxy groups -OCH3 is 3. The Kier molecular flexibility index (Phi) is 10.8. The second-order valence-corrected chi connectivity index (χ2v) is 12.0. The van der Waals surface area contributed by atoms with Crippen molar-refractivity contribution in [2.24, 2.45) is 0 Å². The van der Waals surface area contributed by atoms with E-state index >= 15 is 0 Å². The van der Waals surface area contributed by atoms with Crippen LogP contribution in [0.2, 0.25) is 0 Å². The number of sulfonamides is 1. The van der Waals surface area contributed by atoms with Gasteiger partial charge in [0.15, 0.2) is 0 Å². The van der Waals surface area contributed by atoms with Gasteiger partial charge in [-0.05, 0) is 60.7 Å². The van der Waals surface area contributed by atoms with Crippen LogP contribution in [0.25, 0.3) is 11.1 Å². The number of esters is 1. The topological polar surface area (TPSA) is 120 Å². The summed E-state index contributed by atoms with van der Waals surface area (Å²) in [5.74, 6) is 0.105. The second kappa shape index (κ2) is 14.5. The minimum Gasteiger partial charge on any atom is -0.496 e. The Bertz CT molecular complexity index is 1490. The fourth-order valence-corrected chi connectivity index (χ4v) is 6.90. The van der Waals surface area contributed by atoms with Crippen molar-refractivity contribution in [2.75, 3.05) is 34.5 Å². The largest absolute Gasteiger partial charge is 0.496 e. The van der Waals surface area contributed by atoms with Crippen LogP contribution in [0.1, 0.15) is 30.9 Å². The molecule has 1 aliphatic heterocycles. The van der Waals surface area contributed by atoms with Gasteiger partial charge >= 0.3 is 5.97 Å². The number of hydrogen-bond donors (Lipinski definition) is 1. The minimum absolute atomic E-state index is 0.122. The first-order valence-electron chi connectivity index (χ1n) is 14.1. The van der Waals surface area contributed by atoms with Gasteiger partial charge in [-0.1, -0.05) is 42.5 Å². The van der Waals surface area contributed by atoms with Crippen molar-refractivity contribution < 1.29 is 37.0 Å². The molecule has 0 radical (unpaired) electrons. The van der Waals surface area contributed by atoms with Gasteiger partial charge in [0.05, 0.1) is 38.4 Å². The fraction of sp³-hybridized carbons (Fsp3) is 0.375. The molecule has 230 valence electrons. The first-order valence-corrected chi connectivity index (χ1v) is 15.5.